The van der Waals surface area contributed by atoms with Crippen LogP contribution < -0.4 is 0 Å². The van der Waals surface area contributed by atoms with Crippen molar-refractivity contribution in [1.29, 1.82) is 5.26 Å². The van der Waals surface area contributed by atoms with Crippen molar-refractivity contribution in [3.05, 3.63) is 28.5 Å². The Bertz CT molecular complexity index is 352. The van der Waals surface area contributed by atoms with Crippen molar-refractivity contribution in [2.45, 2.75) is 12.5 Å². The zero-order valence-electron chi connectivity index (χ0n) is 8.06. The first kappa shape index (κ1) is 12.1. The first-order chi connectivity index (χ1) is 7.27. The van der Waals surface area contributed by atoms with Crippen molar-refractivity contribution < 1.29 is 9.84 Å². The summed E-state index contributed by atoms with van der Waals surface area (Å²) in [5, 5.41) is 17.5. The first-order valence-corrected chi connectivity index (χ1v) is 5.29. The molecule has 0 aliphatic heterocycles. The molecule has 0 amide bonds. The van der Waals surface area contributed by atoms with Crippen LogP contribution in [0.4, 0.5) is 0 Å². The molecule has 1 aromatic heterocycles. The van der Waals surface area contributed by atoms with E-state index >= 15 is 0 Å². The third-order valence-corrected chi connectivity index (χ3v) is 2.17. The largest absolute Gasteiger partial charge is 0.396 e. The Kier molecular flexibility index (Phi) is 5.26. The topological polar surface area (TPSA) is 66.1 Å². The molecule has 0 bridgehead atoms. The van der Waals surface area contributed by atoms with Gasteiger partial charge in [-0.2, -0.15) is 5.26 Å². The number of aromatic nitrogens is 1. The molecule has 5 heteroatoms. The molecular weight excluding hydrogens is 260 g/mol. The van der Waals surface area contributed by atoms with Crippen molar-refractivity contribution in [3.8, 4) is 6.07 Å². The average molecular weight is 271 g/mol. The van der Waals surface area contributed by atoms with Crippen LogP contribution >= 0.6 is 15.9 Å². The van der Waals surface area contributed by atoms with Crippen LogP contribution in [0.5, 0.6) is 0 Å². The SMILES string of the molecule is N#CC(OCCCO)c1cncc(Br)c1. The predicted octanol–water partition coefficient (Wildman–Crippen LogP) is 1.81. The van der Waals surface area contributed by atoms with E-state index < -0.39 is 6.10 Å². The Morgan fingerprint density at radius 3 is 3.00 bits per heavy atom. The minimum atomic E-state index is -0.624. The second-order valence-electron chi connectivity index (χ2n) is 2.89. The van der Waals surface area contributed by atoms with Crippen LogP contribution in [0, 0.1) is 11.3 Å². The molecule has 1 unspecified atom stereocenters. The van der Waals surface area contributed by atoms with E-state index in [4.69, 9.17) is 15.1 Å². The number of aliphatic hydroxyl groups excluding tert-OH is 1. The van der Waals surface area contributed by atoms with Gasteiger partial charge in [0, 0.05) is 29.0 Å². The minimum Gasteiger partial charge on any atom is -0.396 e. The molecule has 80 valence electrons. The van der Waals surface area contributed by atoms with Gasteiger partial charge in [-0.05, 0) is 28.4 Å². The molecule has 1 atom stereocenters. The van der Waals surface area contributed by atoms with Crippen molar-refractivity contribution in [2.75, 3.05) is 13.2 Å². The summed E-state index contributed by atoms with van der Waals surface area (Å²) in [5.74, 6) is 0. The predicted molar refractivity (Wildman–Crippen MR) is 57.9 cm³/mol. The third-order valence-electron chi connectivity index (χ3n) is 1.73. The highest BCUT2D eigenvalue weighted by atomic mass is 79.9. The van der Waals surface area contributed by atoms with Crippen LogP contribution in [0.3, 0.4) is 0 Å². The van der Waals surface area contributed by atoms with Crippen molar-refractivity contribution in [1.82, 2.24) is 4.98 Å². The van der Waals surface area contributed by atoms with Gasteiger partial charge in [0.15, 0.2) is 6.10 Å². The molecule has 0 aliphatic carbocycles. The van der Waals surface area contributed by atoms with Gasteiger partial charge in [0.25, 0.3) is 0 Å². The van der Waals surface area contributed by atoms with Crippen LogP contribution in [0.1, 0.15) is 18.1 Å². The zero-order chi connectivity index (χ0) is 11.1. The minimum absolute atomic E-state index is 0.0644. The van der Waals surface area contributed by atoms with Gasteiger partial charge in [0.05, 0.1) is 12.7 Å². The summed E-state index contributed by atoms with van der Waals surface area (Å²) in [6.45, 7) is 0.427. The van der Waals surface area contributed by atoms with E-state index in [9.17, 15) is 0 Å². The highest BCUT2D eigenvalue weighted by Crippen LogP contribution is 2.19. The lowest BCUT2D eigenvalue weighted by Gasteiger charge is -2.10. The molecule has 4 nitrogen and oxygen atoms in total. The number of aliphatic hydroxyl groups is 1. The number of nitrogens with zero attached hydrogens (tertiary/aromatic N) is 2. The molecule has 1 N–H and O–H groups in total. The van der Waals surface area contributed by atoms with Gasteiger partial charge in [0.1, 0.15) is 0 Å². The van der Waals surface area contributed by atoms with Crippen LogP contribution in [0.2, 0.25) is 0 Å². The maximum Gasteiger partial charge on any atom is 0.170 e. The Labute approximate surface area is 96.6 Å². The summed E-state index contributed by atoms with van der Waals surface area (Å²) in [6.07, 6.45) is 3.14. The van der Waals surface area contributed by atoms with Crippen LogP contribution in [-0.2, 0) is 4.74 Å². The Hall–Kier alpha value is -0.960. The maximum atomic E-state index is 8.89. The van der Waals surface area contributed by atoms with Gasteiger partial charge in [0.2, 0.25) is 0 Å². The van der Waals surface area contributed by atoms with E-state index in [1.165, 1.54) is 0 Å². The molecule has 1 rings (SSSR count). The summed E-state index contributed by atoms with van der Waals surface area (Å²) < 4.78 is 6.10. The Morgan fingerprint density at radius 1 is 1.60 bits per heavy atom. The lowest BCUT2D eigenvalue weighted by molar-refractivity contribution is 0.0771. The lowest BCUT2D eigenvalue weighted by Crippen LogP contribution is -2.05. The molecule has 0 aliphatic rings. The normalized spacial score (nSPS) is 12.1. The monoisotopic (exact) mass is 270 g/mol. The summed E-state index contributed by atoms with van der Waals surface area (Å²) in [5.41, 5.74) is 0.713. The van der Waals surface area contributed by atoms with Gasteiger partial charge < -0.3 is 9.84 Å². The van der Waals surface area contributed by atoms with Crippen LogP contribution in [0.25, 0.3) is 0 Å². The van der Waals surface area contributed by atoms with E-state index in [-0.39, 0.29) is 6.61 Å². The Balaban J connectivity index is 2.63. The fourth-order valence-electron chi connectivity index (χ4n) is 1.05. The van der Waals surface area contributed by atoms with Crippen LogP contribution in [-0.4, -0.2) is 23.3 Å². The summed E-state index contributed by atoms with van der Waals surface area (Å²) in [7, 11) is 0. The van der Waals surface area contributed by atoms with Crippen molar-refractivity contribution >= 4 is 15.9 Å². The average Bonchev–Trinajstić information content (AvgIpc) is 2.24. The van der Waals surface area contributed by atoms with E-state index in [0.717, 1.165) is 4.47 Å². The van der Waals surface area contributed by atoms with Gasteiger partial charge in [-0.25, -0.2) is 0 Å². The second kappa shape index (κ2) is 6.51. The van der Waals surface area contributed by atoms with Gasteiger partial charge >= 0.3 is 0 Å². The number of ether oxygens (including phenoxy) is 1. The van der Waals surface area contributed by atoms with Gasteiger partial charge in [-0.1, -0.05) is 0 Å². The zero-order valence-corrected chi connectivity index (χ0v) is 9.64. The standard InChI is InChI=1S/C10H11BrN2O2/c11-9-4-8(6-13-7-9)10(5-12)15-3-1-2-14/h4,6-7,10,14H,1-3H2. The number of hydrogen-bond donors (Lipinski definition) is 1. The summed E-state index contributed by atoms with van der Waals surface area (Å²) in [6, 6.07) is 3.83. The van der Waals surface area contributed by atoms with Gasteiger partial charge in [-0.15, -0.1) is 0 Å². The number of hydrogen-bond acceptors (Lipinski definition) is 4. The maximum absolute atomic E-state index is 8.89. The Morgan fingerprint density at radius 2 is 2.40 bits per heavy atom. The molecule has 0 fully saturated rings. The highest BCUT2D eigenvalue weighted by Gasteiger charge is 2.11. The van der Waals surface area contributed by atoms with Gasteiger partial charge in [-0.3, -0.25) is 4.98 Å². The lowest BCUT2D eigenvalue weighted by atomic mass is 10.2. The molecule has 15 heavy (non-hydrogen) atoms. The number of rotatable bonds is 5. The molecule has 1 aromatic rings. The number of nitriles is 1. The smallest absolute Gasteiger partial charge is 0.170 e. The first-order valence-electron chi connectivity index (χ1n) is 4.50. The van der Waals surface area contributed by atoms with Crippen molar-refractivity contribution in [3.63, 3.8) is 0 Å². The fourth-order valence-corrected chi connectivity index (χ4v) is 1.43. The quantitative estimate of drug-likeness (QED) is 0.829. The molecule has 0 spiro atoms. The molecule has 0 saturated carbocycles. The summed E-state index contributed by atoms with van der Waals surface area (Å²) in [4.78, 5) is 3.95. The molecular formula is C10H11BrN2O2. The van der Waals surface area contributed by atoms with E-state index in [2.05, 4.69) is 20.9 Å². The second-order valence-corrected chi connectivity index (χ2v) is 3.81. The highest BCUT2D eigenvalue weighted by molar-refractivity contribution is 9.10. The van der Waals surface area contributed by atoms with Crippen molar-refractivity contribution in [2.24, 2.45) is 0 Å². The van der Waals surface area contributed by atoms with Crippen LogP contribution in [0.15, 0.2) is 22.9 Å². The third kappa shape index (κ3) is 3.96. The molecule has 0 aromatic carbocycles. The molecule has 1 heterocycles. The van der Waals surface area contributed by atoms with E-state index in [1.54, 1.807) is 18.5 Å². The van der Waals surface area contributed by atoms with E-state index in [1.807, 2.05) is 6.07 Å². The molecule has 0 radical (unpaired) electrons. The summed E-state index contributed by atoms with van der Waals surface area (Å²) >= 11 is 3.27. The number of halogens is 1. The fraction of sp³-hybridized carbons (Fsp3) is 0.400. The number of pyridine rings is 1. The molecule has 0 saturated heterocycles. The van der Waals surface area contributed by atoms with E-state index in [0.29, 0.717) is 18.6 Å².